The number of halogens is 1. The van der Waals surface area contributed by atoms with Gasteiger partial charge < -0.3 is 9.84 Å². The first-order valence-electron chi connectivity index (χ1n) is 4.52. The minimum Gasteiger partial charge on any atom is -0.496 e. The quantitative estimate of drug-likeness (QED) is 0.857. The largest absolute Gasteiger partial charge is 0.496 e. The molecule has 0 bridgehead atoms. The Kier molecular flexibility index (Phi) is 4.15. The van der Waals surface area contributed by atoms with E-state index < -0.39 is 5.97 Å². The standard InChI is InChI=1S/C11H13BrO3/c1-7-3-10(15-2)9(6-12)4-8(7)5-11(13)14/h3-4H,5-6H2,1-2H3,(H,13,14). The summed E-state index contributed by atoms with van der Waals surface area (Å²) in [5.74, 6) is -0.0256. The van der Waals surface area contributed by atoms with Gasteiger partial charge in [0.05, 0.1) is 13.5 Å². The normalized spacial score (nSPS) is 10.1. The first kappa shape index (κ1) is 12.0. The molecular weight excluding hydrogens is 260 g/mol. The van der Waals surface area contributed by atoms with Crippen molar-refractivity contribution in [1.29, 1.82) is 0 Å². The van der Waals surface area contributed by atoms with E-state index >= 15 is 0 Å². The molecule has 0 unspecified atom stereocenters. The molecule has 0 aliphatic heterocycles. The molecule has 0 saturated carbocycles. The van der Waals surface area contributed by atoms with E-state index in [4.69, 9.17) is 9.84 Å². The van der Waals surface area contributed by atoms with E-state index in [1.54, 1.807) is 7.11 Å². The van der Waals surface area contributed by atoms with E-state index in [0.717, 1.165) is 22.4 Å². The highest BCUT2D eigenvalue weighted by Crippen LogP contribution is 2.25. The molecule has 1 N–H and O–H groups in total. The number of hydrogen-bond acceptors (Lipinski definition) is 2. The number of alkyl halides is 1. The Bertz CT molecular complexity index is 374. The molecule has 0 aliphatic carbocycles. The summed E-state index contributed by atoms with van der Waals surface area (Å²) in [6.07, 6.45) is 0.0514. The highest BCUT2D eigenvalue weighted by Gasteiger charge is 2.09. The summed E-state index contributed by atoms with van der Waals surface area (Å²) >= 11 is 3.35. The zero-order valence-electron chi connectivity index (χ0n) is 8.71. The van der Waals surface area contributed by atoms with Crippen LogP contribution in [0.1, 0.15) is 16.7 Å². The van der Waals surface area contributed by atoms with Gasteiger partial charge in [-0.3, -0.25) is 4.79 Å². The van der Waals surface area contributed by atoms with Crippen LogP contribution in [0.4, 0.5) is 0 Å². The molecule has 3 nitrogen and oxygen atoms in total. The van der Waals surface area contributed by atoms with Gasteiger partial charge in [0.1, 0.15) is 5.75 Å². The lowest BCUT2D eigenvalue weighted by Crippen LogP contribution is -2.03. The number of carboxylic acid groups (broad SMARTS) is 1. The minimum atomic E-state index is -0.816. The van der Waals surface area contributed by atoms with Crippen LogP contribution >= 0.6 is 15.9 Å². The lowest BCUT2D eigenvalue weighted by Gasteiger charge is -2.10. The molecule has 0 fully saturated rings. The Morgan fingerprint density at radius 3 is 2.60 bits per heavy atom. The van der Waals surface area contributed by atoms with Gasteiger partial charge in [0.2, 0.25) is 0 Å². The fraction of sp³-hybridized carbons (Fsp3) is 0.364. The average molecular weight is 273 g/mol. The Morgan fingerprint density at radius 2 is 2.13 bits per heavy atom. The molecule has 82 valence electrons. The topological polar surface area (TPSA) is 46.5 Å². The highest BCUT2D eigenvalue weighted by molar-refractivity contribution is 9.08. The van der Waals surface area contributed by atoms with Crippen LogP contribution in [-0.4, -0.2) is 18.2 Å². The second-order valence-corrected chi connectivity index (χ2v) is 3.86. The van der Waals surface area contributed by atoms with Crippen LogP contribution in [0.5, 0.6) is 5.75 Å². The first-order chi connectivity index (χ1) is 7.08. The maximum atomic E-state index is 10.6. The SMILES string of the molecule is COc1cc(C)c(CC(=O)O)cc1CBr. The van der Waals surface area contributed by atoms with Gasteiger partial charge in [-0.25, -0.2) is 0 Å². The van der Waals surface area contributed by atoms with E-state index in [0.29, 0.717) is 5.33 Å². The van der Waals surface area contributed by atoms with Gasteiger partial charge in [-0.15, -0.1) is 0 Å². The summed E-state index contributed by atoms with van der Waals surface area (Å²) in [4.78, 5) is 10.6. The van der Waals surface area contributed by atoms with Crippen molar-refractivity contribution in [3.63, 3.8) is 0 Å². The monoisotopic (exact) mass is 272 g/mol. The summed E-state index contributed by atoms with van der Waals surface area (Å²) in [6, 6.07) is 3.74. The number of benzene rings is 1. The zero-order valence-corrected chi connectivity index (χ0v) is 10.3. The van der Waals surface area contributed by atoms with Crippen molar-refractivity contribution >= 4 is 21.9 Å². The highest BCUT2D eigenvalue weighted by atomic mass is 79.9. The third-order valence-corrected chi connectivity index (χ3v) is 2.83. The molecule has 1 aromatic rings. The average Bonchev–Trinajstić information content (AvgIpc) is 2.19. The maximum Gasteiger partial charge on any atom is 0.307 e. The molecule has 1 aromatic carbocycles. The molecule has 0 amide bonds. The van der Waals surface area contributed by atoms with Crippen LogP contribution in [-0.2, 0) is 16.5 Å². The molecule has 15 heavy (non-hydrogen) atoms. The molecule has 0 saturated heterocycles. The van der Waals surface area contributed by atoms with Gasteiger partial charge in [-0.05, 0) is 24.1 Å². The third-order valence-electron chi connectivity index (χ3n) is 2.22. The second kappa shape index (κ2) is 5.16. The first-order valence-corrected chi connectivity index (χ1v) is 5.64. The van der Waals surface area contributed by atoms with Gasteiger partial charge in [0.25, 0.3) is 0 Å². The molecule has 1 rings (SSSR count). The molecular formula is C11H13BrO3. The van der Waals surface area contributed by atoms with Crippen molar-refractivity contribution in [2.75, 3.05) is 7.11 Å². The number of ether oxygens (including phenoxy) is 1. The van der Waals surface area contributed by atoms with Crippen molar-refractivity contribution in [3.05, 3.63) is 28.8 Å². The Balaban J connectivity index is 3.13. The van der Waals surface area contributed by atoms with Gasteiger partial charge >= 0.3 is 5.97 Å². The van der Waals surface area contributed by atoms with E-state index in [2.05, 4.69) is 15.9 Å². The lowest BCUT2D eigenvalue weighted by atomic mass is 10.0. The summed E-state index contributed by atoms with van der Waals surface area (Å²) in [6.45, 7) is 1.89. The van der Waals surface area contributed by atoms with Crippen LogP contribution in [0.2, 0.25) is 0 Å². The number of rotatable bonds is 4. The smallest absolute Gasteiger partial charge is 0.307 e. The van der Waals surface area contributed by atoms with Gasteiger partial charge in [0.15, 0.2) is 0 Å². The molecule has 0 radical (unpaired) electrons. The third kappa shape index (κ3) is 2.96. The van der Waals surface area contributed by atoms with Crippen LogP contribution in [0.3, 0.4) is 0 Å². The molecule has 0 aliphatic rings. The number of hydrogen-bond donors (Lipinski definition) is 1. The van der Waals surface area contributed by atoms with Crippen molar-refractivity contribution < 1.29 is 14.6 Å². The summed E-state index contributed by atoms with van der Waals surface area (Å²) in [5.41, 5.74) is 2.75. The molecule has 0 spiro atoms. The van der Waals surface area contributed by atoms with E-state index in [1.807, 2.05) is 19.1 Å². The predicted molar refractivity (Wildman–Crippen MR) is 61.7 cm³/mol. The van der Waals surface area contributed by atoms with Crippen molar-refractivity contribution in [1.82, 2.24) is 0 Å². The molecule has 4 heteroatoms. The fourth-order valence-electron chi connectivity index (χ4n) is 1.43. The van der Waals surface area contributed by atoms with Crippen LogP contribution in [0.15, 0.2) is 12.1 Å². The maximum absolute atomic E-state index is 10.6. The Hall–Kier alpha value is -1.03. The summed E-state index contributed by atoms with van der Waals surface area (Å²) in [5, 5.41) is 9.39. The van der Waals surface area contributed by atoms with Crippen LogP contribution in [0, 0.1) is 6.92 Å². The molecule has 0 heterocycles. The molecule has 0 atom stereocenters. The van der Waals surface area contributed by atoms with Crippen LogP contribution < -0.4 is 4.74 Å². The van der Waals surface area contributed by atoms with E-state index in [-0.39, 0.29) is 6.42 Å². The van der Waals surface area contributed by atoms with Crippen LogP contribution in [0.25, 0.3) is 0 Å². The molecule has 0 aromatic heterocycles. The van der Waals surface area contributed by atoms with Gasteiger partial charge in [-0.1, -0.05) is 22.0 Å². The number of carbonyl (C=O) groups is 1. The predicted octanol–water partition coefficient (Wildman–Crippen LogP) is 2.53. The number of aryl methyl sites for hydroxylation is 1. The van der Waals surface area contributed by atoms with Crippen molar-refractivity contribution in [2.24, 2.45) is 0 Å². The summed E-state index contributed by atoms with van der Waals surface area (Å²) < 4.78 is 5.20. The Morgan fingerprint density at radius 1 is 1.47 bits per heavy atom. The lowest BCUT2D eigenvalue weighted by molar-refractivity contribution is -0.136. The van der Waals surface area contributed by atoms with Crippen molar-refractivity contribution in [2.45, 2.75) is 18.7 Å². The fourth-order valence-corrected chi connectivity index (χ4v) is 1.86. The number of methoxy groups -OCH3 is 1. The Labute approximate surface area is 97.2 Å². The van der Waals surface area contributed by atoms with E-state index in [1.165, 1.54) is 0 Å². The number of carboxylic acids is 1. The number of aliphatic carboxylic acids is 1. The van der Waals surface area contributed by atoms with Gasteiger partial charge in [-0.2, -0.15) is 0 Å². The zero-order chi connectivity index (χ0) is 11.4. The van der Waals surface area contributed by atoms with Crippen molar-refractivity contribution in [3.8, 4) is 5.75 Å². The summed E-state index contributed by atoms with van der Waals surface area (Å²) in [7, 11) is 1.61. The van der Waals surface area contributed by atoms with E-state index in [9.17, 15) is 4.79 Å². The second-order valence-electron chi connectivity index (χ2n) is 3.29. The van der Waals surface area contributed by atoms with Gasteiger partial charge in [0, 0.05) is 10.9 Å². The minimum absolute atomic E-state index is 0.0514.